The van der Waals surface area contributed by atoms with Crippen molar-refractivity contribution >= 4 is 28.5 Å². The summed E-state index contributed by atoms with van der Waals surface area (Å²) in [5.41, 5.74) is 4.55. The maximum absolute atomic E-state index is 13.2. The fraction of sp³-hybridized carbons (Fsp3) is 0.273. The Morgan fingerprint density at radius 2 is 1.96 bits per heavy atom. The van der Waals surface area contributed by atoms with E-state index in [-0.39, 0.29) is 24.8 Å². The number of hydrogen-bond donors (Lipinski definition) is 1. The lowest BCUT2D eigenvalue weighted by atomic mass is 10.0. The summed E-state index contributed by atoms with van der Waals surface area (Å²) in [6, 6.07) is 11.3. The normalized spacial score (nSPS) is 15.8. The Balaban J connectivity index is 1.66. The van der Waals surface area contributed by atoms with Crippen molar-refractivity contribution in [2.45, 2.75) is 26.4 Å². The van der Waals surface area contributed by atoms with Crippen LogP contribution in [0, 0.1) is 13.8 Å². The van der Waals surface area contributed by atoms with Crippen molar-refractivity contribution in [2.75, 3.05) is 18.5 Å². The minimum absolute atomic E-state index is 0.106. The van der Waals surface area contributed by atoms with Crippen LogP contribution in [0.1, 0.15) is 16.7 Å². The lowest BCUT2D eigenvalue weighted by Crippen LogP contribution is -2.50. The van der Waals surface area contributed by atoms with Crippen molar-refractivity contribution in [3.05, 3.63) is 59.4 Å². The minimum Gasteiger partial charge on any atom is -0.477 e. The molecule has 1 aromatic heterocycles. The van der Waals surface area contributed by atoms with Gasteiger partial charge in [-0.25, -0.2) is 0 Å². The molecule has 2 amide bonds. The monoisotopic (exact) mass is 378 g/mol. The van der Waals surface area contributed by atoms with Crippen molar-refractivity contribution in [1.29, 1.82) is 0 Å². The number of rotatable bonds is 3. The zero-order valence-electron chi connectivity index (χ0n) is 16.1. The maximum Gasteiger partial charge on any atom is 0.262 e. The Morgan fingerprint density at radius 3 is 2.75 bits per heavy atom. The Bertz CT molecular complexity index is 1070. The number of para-hydroxylation sites is 2. The molecule has 0 saturated carbocycles. The SMILES string of the molecule is CNC(=O)C1CN(C(=O)Cc2coc3c(C)c(C)ccc23)c2ccccc2O1. The molecule has 6 heteroatoms. The van der Waals surface area contributed by atoms with E-state index in [1.807, 2.05) is 44.2 Å². The first-order valence-electron chi connectivity index (χ1n) is 9.23. The molecule has 1 unspecified atom stereocenters. The Labute approximate surface area is 163 Å². The van der Waals surface area contributed by atoms with Gasteiger partial charge in [-0.15, -0.1) is 0 Å². The van der Waals surface area contributed by atoms with Crippen molar-refractivity contribution < 1.29 is 18.7 Å². The third-order valence-corrected chi connectivity index (χ3v) is 5.30. The number of carbonyl (C=O) groups is 2. The van der Waals surface area contributed by atoms with Crippen LogP contribution in [0.4, 0.5) is 5.69 Å². The predicted octanol–water partition coefficient (Wildman–Crippen LogP) is 3.13. The summed E-state index contributed by atoms with van der Waals surface area (Å²) in [7, 11) is 1.56. The molecule has 3 aromatic rings. The average Bonchev–Trinajstić information content (AvgIpc) is 3.12. The molecule has 0 spiro atoms. The van der Waals surface area contributed by atoms with Crippen molar-refractivity contribution in [1.82, 2.24) is 5.32 Å². The number of likely N-dealkylation sites (N-methyl/N-ethyl adjacent to an activating group) is 1. The lowest BCUT2D eigenvalue weighted by Gasteiger charge is -2.34. The molecule has 2 heterocycles. The van der Waals surface area contributed by atoms with E-state index in [1.54, 1.807) is 24.3 Å². The first-order valence-corrected chi connectivity index (χ1v) is 9.23. The molecule has 4 rings (SSSR count). The second kappa shape index (κ2) is 7.03. The van der Waals surface area contributed by atoms with Gasteiger partial charge in [0.05, 0.1) is 24.9 Å². The van der Waals surface area contributed by atoms with Gasteiger partial charge in [-0.05, 0) is 37.1 Å². The van der Waals surface area contributed by atoms with Crippen LogP contribution in [-0.4, -0.2) is 31.5 Å². The van der Waals surface area contributed by atoms with Crippen LogP contribution < -0.4 is 15.0 Å². The van der Waals surface area contributed by atoms with Crippen molar-refractivity contribution in [2.24, 2.45) is 0 Å². The molecule has 1 atom stereocenters. The first-order chi connectivity index (χ1) is 13.5. The Kier molecular flexibility index (Phi) is 4.55. The molecule has 1 aliphatic rings. The van der Waals surface area contributed by atoms with E-state index in [2.05, 4.69) is 5.32 Å². The number of aryl methyl sites for hydroxylation is 2. The van der Waals surface area contributed by atoms with Crippen molar-refractivity contribution in [3.63, 3.8) is 0 Å². The number of anilines is 1. The van der Waals surface area contributed by atoms with E-state index in [9.17, 15) is 9.59 Å². The molecule has 1 N–H and O–H groups in total. The number of fused-ring (bicyclic) bond motifs is 2. The van der Waals surface area contributed by atoms with Gasteiger partial charge in [-0.3, -0.25) is 9.59 Å². The quantitative estimate of drug-likeness (QED) is 0.760. The molecule has 0 bridgehead atoms. The molecule has 6 nitrogen and oxygen atoms in total. The molecule has 0 radical (unpaired) electrons. The molecule has 2 aromatic carbocycles. The average molecular weight is 378 g/mol. The van der Waals surface area contributed by atoms with E-state index in [0.717, 1.165) is 27.7 Å². The summed E-state index contributed by atoms with van der Waals surface area (Å²) in [4.78, 5) is 26.9. The predicted molar refractivity (Wildman–Crippen MR) is 107 cm³/mol. The molecule has 1 aliphatic heterocycles. The second-order valence-corrected chi connectivity index (χ2v) is 7.01. The summed E-state index contributed by atoms with van der Waals surface area (Å²) < 4.78 is 11.5. The Hall–Kier alpha value is -3.28. The summed E-state index contributed by atoms with van der Waals surface area (Å²) in [6.45, 7) is 4.22. The number of amides is 2. The summed E-state index contributed by atoms with van der Waals surface area (Å²) in [5.74, 6) is 0.164. The molecule has 0 aliphatic carbocycles. The van der Waals surface area contributed by atoms with Gasteiger partial charge in [-0.2, -0.15) is 0 Å². The fourth-order valence-electron chi connectivity index (χ4n) is 3.55. The van der Waals surface area contributed by atoms with Crippen LogP contribution in [0.15, 0.2) is 47.1 Å². The lowest BCUT2D eigenvalue weighted by molar-refractivity contribution is -0.127. The van der Waals surface area contributed by atoms with E-state index >= 15 is 0 Å². The van der Waals surface area contributed by atoms with Gasteiger partial charge in [0.2, 0.25) is 5.91 Å². The first kappa shape index (κ1) is 18.1. The van der Waals surface area contributed by atoms with Gasteiger partial charge in [0.25, 0.3) is 5.91 Å². The van der Waals surface area contributed by atoms with Gasteiger partial charge in [0, 0.05) is 18.0 Å². The zero-order valence-corrected chi connectivity index (χ0v) is 16.1. The van der Waals surface area contributed by atoms with E-state index < -0.39 is 6.10 Å². The van der Waals surface area contributed by atoms with Gasteiger partial charge in [0.1, 0.15) is 11.3 Å². The number of carbonyl (C=O) groups excluding carboxylic acids is 2. The largest absolute Gasteiger partial charge is 0.477 e. The van der Waals surface area contributed by atoms with Crippen LogP contribution >= 0.6 is 0 Å². The standard InChI is InChI=1S/C22H22N2O4/c1-13-8-9-16-15(12-27-21(16)14(13)2)10-20(25)24-11-19(22(26)23-3)28-18-7-5-4-6-17(18)24/h4-9,12,19H,10-11H2,1-3H3,(H,23,26). The van der Waals surface area contributed by atoms with Crippen LogP contribution in [-0.2, 0) is 16.0 Å². The fourth-order valence-corrected chi connectivity index (χ4v) is 3.55. The smallest absolute Gasteiger partial charge is 0.262 e. The Morgan fingerprint density at radius 1 is 1.18 bits per heavy atom. The number of benzene rings is 2. The summed E-state index contributed by atoms with van der Waals surface area (Å²) in [5, 5.41) is 3.53. The third kappa shape index (κ3) is 3.01. The summed E-state index contributed by atoms with van der Waals surface area (Å²) in [6.07, 6.45) is 1.09. The minimum atomic E-state index is -0.741. The zero-order chi connectivity index (χ0) is 19.8. The van der Waals surface area contributed by atoms with Crippen LogP contribution in [0.3, 0.4) is 0 Å². The highest BCUT2D eigenvalue weighted by Gasteiger charge is 2.33. The number of ether oxygens (including phenoxy) is 1. The molecule has 144 valence electrons. The van der Waals surface area contributed by atoms with Crippen LogP contribution in [0.2, 0.25) is 0 Å². The topological polar surface area (TPSA) is 71.8 Å². The van der Waals surface area contributed by atoms with Gasteiger partial charge in [0.15, 0.2) is 6.10 Å². The highest BCUT2D eigenvalue weighted by Crippen LogP contribution is 2.34. The molecule has 0 saturated heterocycles. The second-order valence-electron chi connectivity index (χ2n) is 7.01. The maximum atomic E-state index is 13.2. The van der Waals surface area contributed by atoms with Gasteiger partial charge < -0.3 is 19.4 Å². The third-order valence-electron chi connectivity index (χ3n) is 5.30. The van der Waals surface area contributed by atoms with E-state index in [1.165, 1.54) is 0 Å². The van der Waals surface area contributed by atoms with Crippen LogP contribution in [0.5, 0.6) is 5.75 Å². The molecular weight excluding hydrogens is 356 g/mol. The highest BCUT2D eigenvalue weighted by atomic mass is 16.5. The van der Waals surface area contributed by atoms with Gasteiger partial charge in [-0.1, -0.05) is 24.3 Å². The highest BCUT2D eigenvalue weighted by molar-refractivity contribution is 6.00. The summed E-state index contributed by atoms with van der Waals surface area (Å²) >= 11 is 0. The van der Waals surface area contributed by atoms with Crippen LogP contribution in [0.25, 0.3) is 11.0 Å². The molecule has 28 heavy (non-hydrogen) atoms. The number of hydrogen-bond acceptors (Lipinski definition) is 4. The van der Waals surface area contributed by atoms with Crippen molar-refractivity contribution in [3.8, 4) is 5.75 Å². The van der Waals surface area contributed by atoms with E-state index in [4.69, 9.17) is 9.15 Å². The number of furan rings is 1. The van der Waals surface area contributed by atoms with E-state index in [0.29, 0.717) is 11.4 Å². The molecule has 0 fully saturated rings. The van der Waals surface area contributed by atoms with Gasteiger partial charge >= 0.3 is 0 Å². The number of nitrogens with zero attached hydrogens (tertiary/aromatic N) is 1. The molecular formula is C22H22N2O4. The number of nitrogens with one attached hydrogen (secondary N) is 1.